The van der Waals surface area contributed by atoms with Crippen molar-refractivity contribution in [3.05, 3.63) is 30.7 Å². The topological polar surface area (TPSA) is 127 Å². The Labute approximate surface area is 233 Å². The van der Waals surface area contributed by atoms with E-state index in [1.54, 1.807) is 24.7 Å². The van der Waals surface area contributed by atoms with Crippen molar-refractivity contribution >= 4 is 22.7 Å². The zero-order valence-electron chi connectivity index (χ0n) is 22.7. The molecule has 0 atom stereocenters. The largest absolute Gasteiger partial charge is 0.504 e. The van der Waals surface area contributed by atoms with E-state index in [9.17, 15) is 5.11 Å². The number of anilines is 2. The van der Waals surface area contributed by atoms with Crippen molar-refractivity contribution in [2.45, 2.75) is 37.8 Å². The number of hydrogen-bond donors (Lipinski definition) is 2. The SMILES string of the molecule is Oc1cc2c(OC3CCC(Nc4ncc(OCCN5CCOCC5)cn4)CC3)nccc2nc1N1CCOCC1. The van der Waals surface area contributed by atoms with Crippen molar-refractivity contribution in [3.8, 4) is 17.4 Å². The van der Waals surface area contributed by atoms with E-state index in [0.717, 1.165) is 69.4 Å². The van der Waals surface area contributed by atoms with Crippen LogP contribution in [-0.4, -0.2) is 108 Å². The standard InChI is InChI=1S/C28H37N7O5/c36-25-17-23-24(33-26(25)35-10-14-38-15-11-35)5-6-29-27(23)40-21-3-1-20(2-4-21)32-28-30-18-22(19-31-28)39-16-9-34-7-12-37-13-8-34/h5-6,17-21,36H,1-4,7-16H2,(H,30,31,32). The molecule has 2 aliphatic heterocycles. The molecule has 0 radical (unpaired) electrons. The van der Waals surface area contributed by atoms with Gasteiger partial charge in [-0.3, -0.25) is 4.90 Å². The first kappa shape index (κ1) is 26.7. The van der Waals surface area contributed by atoms with Crippen LogP contribution in [0.1, 0.15) is 25.7 Å². The molecular weight excluding hydrogens is 514 g/mol. The van der Waals surface area contributed by atoms with Gasteiger partial charge in [0.25, 0.3) is 0 Å². The minimum absolute atomic E-state index is 0.0420. The van der Waals surface area contributed by atoms with Gasteiger partial charge in [0.2, 0.25) is 11.8 Å². The molecule has 3 fully saturated rings. The Kier molecular flexibility index (Phi) is 8.55. The highest BCUT2D eigenvalue weighted by Gasteiger charge is 2.25. The molecule has 12 heteroatoms. The van der Waals surface area contributed by atoms with Gasteiger partial charge in [0.05, 0.1) is 49.7 Å². The second-order valence-corrected chi connectivity index (χ2v) is 10.4. The highest BCUT2D eigenvalue weighted by Crippen LogP contribution is 2.34. The minimum Gasteiger partial charge on any atom is -0.504 e. The van der Waals surface area contributed by atoms with Crippen molar-refractivity contribution in [2.24, 2.45) is 0 Å². The van der Waals surface area contributed by atoms with Crippen LogP contribution < -0.4 is 19.7 Å². The number of morpholine rings is 2. The summed E-state index contributed by atoms with van der Waals surface area (Å²) in [5.41, 5.74) is 0.755. The van der Waals surface area contributed by atoms with Crippen LogP contribution >= 0.6 is 0 Å². The summed E-state index contributed by atoms with van der Waals surface area (Å²) < 4.78 is 22.9. The molecule has 1 saturated carbocycles. The number of nitrogens with one attached hydrogen (secondary N) is 1. The fourth-order valence-electron chi connectivity index (χ4n) is 5.40. The number of rotatable bonds is 9. The first-order chi connectivity index (χ1) is 19.7. The van der Waals surface area contributed by atoms with Crippen LogP contribution in [0.5, 0.6) is 17.4 Å². The first-order valence-corrected chi connectivity index (χ1v) is 14.2. The molecular formula is C28H37N7O5. The molecule has 0 amide bonds. The number of nitrogens with zero attached hydrogens (tertiary/aromatic N) is 6. The third kappa shape index (κ3) is 6.62. The third-order valence-corrected chi connectivity index (χ3v) is 7.67. The molecule has 12 nitrogen and oxygen atoms in total. The fourth-order valence-corrected chi connectivity index (χ4v) is 5.40. The number of pyridine rings is 2. The normalized spacial score (nSPS) is 22.2. The monoisotopic (exact) mass is 551 g/mol. The molecule has 2 N–H and O–H groups in total. The van der Waals surface area contributed by atoms with Crippen LogP contribution in [0.4, 0.5) is 11.8 Å². The Bertz CT molecular complexity index is 1240. The highest BCUT2D eigenvalue weighted by atomic mass is 16.5. The number of fused-ring (bicyclic) bond motifs is 1. The van der Waals surface area contributed by atoms with E-state index in [1.165, 1.54) is 0 Å². The fraction of sp³-hybridized carbons (Fsp3) is 0.571. The van der Waals surface area contributed by atoms with Gasteiger partial charge in [-0.05, 0) is 37.8 Å². The predicted molar refractivity (Wildman–Crippen MR) is 149 cm³/mol. The van der Waals surface area contributed by atoms with Crippen molar-refractivity contribution in [3.63, 3.8) is 0 Å². The van der Waals surface area contributed by atoms with Gasteiger partial charge in [-0.25, -0.2) is 19.9 Å². The maximum absolute atomic E-state index is 10.7. The number of ether oxygens (including phenoxy) is 4. The summed E-state index contributed by atoms with van der Waals surface area (Å²) in [6, 6.07) is 3.85. The van der Waals surface area contributed by atoms with E-state index in [1.807, 2.05) is 11.0 Å². The Balaban J connectivity index is 0.985. The molecule has 214 valence electrons. The van der Waals surface area contributed by atoms with Crippen LogP contribution in [0.3, 0.4) is 0 Å². The average molecular weight is 552 g/mol. The van der Waals surface area contributed by atoms with E-state index in [2.05, 4.69) is 25.2 Å². The molecule has 1 aliphatic carbocycles. The molecule has 40 heavy (non-hydrogen) atoms. The maximum atomic E-state index is 10.7. The summed E-state index contributed by atoms with van der Waals surface area (Å²) in [6.45, 7) is 7.62. The molecule has 0 bridgehead atoms. The molecule has 6 rings (SSSR count). The highest BCUT2D eigenvalue weighted by molar-refractivity contribution is 5.87. The van der Waals surface area contributed by atoms with Gasteiger partial charge in [-0.2, -0.15) is 0 Å². The van der Waals surface area contributed by atoms with Gasteiger partial charge in [0.15, 0.2) is 17.3 Å². The van der Waals surface area contributed by atoms with Crippen molar-refractivity contribution in [1.29, 1.82) is 0 Å². The van der Waals surface area contributed by atoms with Crippen molar-refractivity contribution in [1.82, 2.24) is 24.8 Å². The maximum Gasteiger partial charge on any atom is 0.223 e. The third-order valence-electron chi connectivity index (χ3n) is 7.67. The number of aromatic nitrogens is 4. The zero-order chi connectivity index (χ0) is 27.1. The molecule has 0 unspecified atom stereocenters. The molecule has 3 aromatic heterocycles. The van der Waals surface area contributed by atoms with Crippen LogP contribution in [0, 0.1) is 0 Å². The summed E-state index contributed by atoms with van der Waals surface area (Å²) in [4.78, 5) is 22.4. The molecule has 0 spiro atoms. The molecule has 3 aliphatic rings. The van der Waals surface area contributed by atoms with Crippen LogP contribution in [0.15, 0.2) is 30.7 Å². The lowest BCUT2D eigenvalue weighted by molar-refractivity contribution is 0.0322. The van der Waals surface area contributed by atoms with E-state index in [0.29, 0.717) is 56.3 Å². The van der Waals surface area contributed by atoms with Crippen molar-refractivity contribution in [2.75, 3.05) is 76.0 Å². The number of aromatic hydroxyl groups is 1. The van der Waals surface area contributed by atoms with Crippen LogP contribution in [0.25, 0.3) is 10.9 Å². The molecule has 5 heterocycles. The lowest BCUT2D eigenvalue weighted by Gasteiger charge is -2.30. The second-order valence-electron chi connectivity index (χ2n) is 10.4. The Morgan fingerprint density at radius 2 is 1.68 bits per heavy atom. The average Bonchev–Trinajstić information content (AvgIpc) is 3.00. The number of hydrogen-bond acceptors (Lipinski definition) is 12. The van der Waals surface area contributed by atoms with Gasteiger partial charge in [0.1, 0.15) is 12.7 Å². The van der Waals surface area contributed by atoms with E-state index in [4.69, 9.17) is 23.9 Å². The zero-order valence-corrected chi connectivity index (χ0v) is 22.7. The summed E-state index contributed by atoms with van der Waals surface area (Å²) in [7, 11) is 0. The quantitative estimate of drug-likeness (QED) is 0.406. The summed E-state index contributed by atoms with van der Waals surface area (Å²) in [5.74, 6) is 2.51. The predicted octanol–water partition coefficient (Wildman–Crippen LogP) is 2.48. The summed E-state index contributed by atoms with van der Waals surface area (Å²) in [5, 5.41) is 14.9. The van der Waals surface area contributed by atoms with E-state index >= 15 is 0 Å². The van der Waals surface area contributed by atoms with E-state index < -0.39 is 0 Å². The molecule has 2 saturated heterocycles. The summed E-state index contributed by atoms with van der Waals surface area (Å²) in [6.07, 6.45) is 8.83. The van der Waals surface area contributed by atoms with Gasteiger partial charge in [0, 0.05) is 45.0 Å². The molecule has 3 aromatic rings. The van der Waals surface area contributed by atoms with E-state index in [-0.39, 0.29) is 17.9 Å². The minimum atomic E-state index is 0.0420. The van der Waals surface area contributed by atoms with Gasteiger partial charge in [-0.1, -0.05) is 0 Å². The lowest BCUT2D eigenvalue weighted by Crippen LogP contribution is -2.38. The molecule has 0 aromatic carbocycles. The Hall–Kier alpha value is -3.48. The van der Waals surface area contributed by atoms with Crippen LogP contribution in [0.2, 0.25) is 0 Å². The Morgan fingerprint density at radius 3 is 2.42 bits per heavy atom. The Morgan fingerprint density at radius 1 is 0.950 bits per heavy atom. The second kappa shape index (κ2) is 12.8. The van der Waals surface area contributed by atoms with Gasteiger partial charge >= 0.3 is 0 Å². The summed E-state index contributed by atoms with van der Waals surface area (Å²) >= 11 is 0. The smallest absolute Gasteiger partial charge is 0.223 e. The lowest BCUT2D eigenvalue weighted by atomic mass is 9.93. The first-order valence-electron chi connectivity index (χ1n) is 14.2. The van der Waals surface area contributed by atoms with Crippen molar-refractivity contribution < 1.29 is 24.1 Å². The van der Waals surface area contributed by atoms with Gasteiger partial charge in [-0.15, -0.1) is 0 Å². The van der Waals surface area contributed by atoms with Crippen LogP contribution in [-0.2, 0) is 9.47 Å². The van der Waals surface area contributed by atoms with Gasteiger partial charge < -0.3 is 34.3 Å².